The van der Waals surface area contributed by atoms with Gasteiger partial charge in [0.1, 0.15) is 17.4 Å². The average Bonchev–Trinajstić information content (AvgIpc) is 3.16. The van der Waals surface area contributed by atoms with Gasteiger partial charge in [-0.2, -0.15) is 13.2 Å². The molecule has 164 valence electrons. The number of hydrogen-bond donors (Lipinski definition) is 1. The Kier molecular flexibility index (Phi) is 6.51. The van der Waals surface area contributed by atoms with Crippen LogP contribution in [-0.4, -0.2) is 39.6 Å². The Morgan fingerprint density at radius 1 is 1.16 bits per heavy atom. The van der Waals surface area contributed by atoms with Gasteiger partial charge < -0.3 is 5.32 Å². The van der Waals surface area contributed by atoms with E-state index >= 15 is 0 Å². The molecule has 3 heterocycles. The molecule has 11 heteroatoms. The number of hydrogen-bond acceptors (Lipinski definition) is 5. The highest BCUT2D eigenvalue weighted by Gasteiger charge is 2.37. The molecule has 6 nitrogen and oxygen atoms in total. The van der Waals surface area contributed by atoms with Crippen LogP contribution in [0.4, 0.5) is 13.2 Å². The van der Waals surface area contributed by atoms with Crippen LogP contribution in [0.25, 0.3) is 5.00 Å². The molecular weight excluding hydrogens is 451 g/mol. The molecule has 2 aromatic heterocycles. The number of carbonyl (C=O) groups excluding carboxylic acids is 1. The van der Waals surface area contributed by atoms with Gasteiger partial charge in [0.25, 0.3) is 0 Å². The number of aliphatic imine (C=N–C) groups is 1. The van der Waals surface area contributed by atoms with Crippen molar-refractivity contribution in [2.24, 2.45) is 4.99 Å². The van der Waals surface area contributed by atoms with Gasteiger partial charge in [-0.3, -0.25) is 14.4 Å². The van der Waals surface area contributed by atoms with Crippen LogP contribution in [0.2, 0.25) is 5.02 Å². The number of carbonyl (C=O) groups is 1. The predicted molar refractivity (Wildman–Crippen MR) is 114 cm³/mol. The number of fused-ring (bicyclic) bond motifs is 3. The number of amides is 1. The van der Waals surface area contributed by atoms with Crippen molar-refractivity contribution < 1.29 is 18.0 Å². The molecule has 31 heavy (non-hydrogen) atoms. The van der Waals surface area contributed by atoms with Gasteiger partial charge in [0.05, 0.1) is 5.71 Å². The zero-order chi connectivity index (χ0) is 22.9. The summed E-state index contributed by atoms with van der Waals surface area (Å²) in [4.78, 5) is 15.7. The van der Waals surface area contributed by atoms with Crippen molar-refractivity contribution in [2.75, 3.05) is 7.05 Å². The van der Waals surface area contributed by atoms with Gasteiger partial charge in [0, 0.05) is 28.1 Å². The maximum Gasteiger partial charge on any atom is 0.471 e. The van der Waals surface area contributed by atoms with E-state index in [2.05, 4.69) is 28.6 Å². The number of benzene rings is 1. The van der Waals surface area contributed by atoms with E-state index in [0.717, 1.165) is 40.0 Å². The maximum absolute atomic E-state index is 11.0. The molecule has 0 unspecified atom stereocenters. The molecule has 0 saturated carbocycles. The van der Waals surface area contributed by atoms with Crippen molar-refractivity contribution >= 4 is 34.6 Å². The van der Waals surface area contributed by atoms with Gasteiger partial charge in [-0.25, -0.2) is 0 Å². The molecule has 4 rings (SSSR count). The molecule has 1 N–H and O–H groups in total. The summed E-state index contributed by atoms with van der Waals surface area (Å²) in [5, 5.41) is 11.8. The first kappa shape index (κ1) is 23.0. The number of thiophene rings is 1. The Morgan fingerprint density at radius 3 is 2.35 bits per heavy atom. The third kappa shape index (κ3) is 4.64. The fraction of sp³-hybridized carbons (Fsp3) is 0.300. The number of alkyl halides is 3. The summed E-state index contributed by atoms with van der Waals surface area (Å²) in [5.74, 6) is -0.137. The Balaban J connectivity index is 0.000000293. The molecular formula is C20H19ClF3N5OS. The average molecular weight is 470 g/mol. The molecule has 1 aliphatic rings. The lowest BCUT2D eigenvalue weighted by molar-refractivity contribution is -0.172. The molecule has 0 bridgehead atoms. The van der Waals surface area contributed by atoms with E-state index in [1.165, 1.54) is 21.3 Å². The van der Waals surface area contributed by atoms with Crippen molar-refractivity contribution in [2.45, 2.75) is 33.5 Å². The highest BCUT2D eigenvalue weighted by Crippen LogP contribution is 2.36. The first-order valence-corrected chi connectivity index (χ1v) is 10.3. The Bertz CT molecular complexity index is 1150. The minimum atomic E-state index is -4.74. The van der Waals surface area contributed by atoms with Gasteiger partial charge in [0.2, 0.25) is 0 Å². The van der Waals surface area contributed by atoms with E-state index in [4.69, 9.17) is 16.6 Å². The largest absolute Gasteiger partial charge is 0.471 e. The van der Waals surface area contributed by atoms with Crippen molar-refractivity contribution in [1.82, 2.24) is 20.1 Å². The maximum atomic E-state index is 11.0. The van der Waals surface area contributed by atoms with E-state index in [0.29, 0.717) is 6.54 Å². The standard InChI is InChI=1S/C17H15ClN4S.C3H4F3NO/c1-9-10(2)23-17-15(9)16(12-4-6-13(18)7-5-12)19-8-14-21-20-11(3)22(14)17;1-7-2(8)3(4,5)6/h4-7H,8H2,1-3H3;1H3,(H,7,8). The zero-order valence-electron chi connectivity index (χ0n) is 17.1. The quantitative estimate of drug-likeness (QED) is 0.568. The smallest absolute Gasteiger partial charge is 0.351 e. The van der Waals surface area contributed by atoms with Gasteiger partial charge in [-0.15, -0.1) is 21.5 Å². The number of halogens is 4. The summed E-state index contributed by atoms with van der Waals surface area (Å²) >= 11 is 7.80. The first-order valence-electron chi connectivity index (χ1n) is 9.15. The van der Waals surface area contributed by atoms with Crippen LogP contribution < -0.4 is 5.32 Å². The summed E-state index contributed by atoms with van der Waals surface area (Å²) in [6, 6.07) is 7.86. The molecule has 1 aliphatic heterocycles. The summed E-state index contributed by atoms with van der Waals surface area (Å²) in [7, 11) is 0.926. The monoisotopic (exact) mass is 469 g/mol. The second-order valence-corrected chi connectivity index (χ2v) is 8.35. The van der Waals surface area contributed by atoms with Crippen LogP contribution in [0, 0.1) is 20.8 Å². The van der Waals surface area contributed by atoms with Crippen molar-refractivity contribution in [3.8, 4) is 5.00 Å². The summed E-state index contributed by atoms with van der Waals surface area (Å²) in [5.41, 5.74) is 4.52. The third-order valence-electron chi connectivity index (χ3n) is 4.68. The van der Waals surface area contributed by atoms with Crippen LogP contribution in [0.1, 0.15) is 33.2 Å². The molecule has 0 atom stereocenters. The molecule has 0 saturated heterocycles. The number of nitrogens with zero attached hydrogens (tertiary/aromatic N) is 4. The van der Waals surface area contributed by atoms with Crippen LogP contribution >= 0.6 is 22.9 Å². The van der Waals surface area contributed by atoms with E-state index in [1.807, 2.05) is 31.2 Å². The third-order valence-corrected chi connectivity index (χ3v) is 6.12. The summed E-state index contributed by atoms with van der Waals surface area (Å²) in [6.45, 7) is 6.81. The van der Waals surface area contributed by atoms with Gasteiger partial charge in [-0.05, 0) is 38.5 Å². The van der Waals surface area contributed by atoms with Crippen LogP contribution in [-0.2, 0) is 11.3 Å². The van der Waals surface area contributed by atoms with Crippen LogP contribution in [0.5, 0.6) is 0 Å². The highest BCUT2D eigenvalue weighted by molar-refractivity contribution is 7.15. The van der Waals surface area contributed by atoms with Gasteiger partial charge >= 0.3 is 12.1 Å². The second kappa shape index (κ2) is 8.80. The van der Waals surface area contributed by atoms with Gasteiger partial charge in [0.15, 0.2) is 5.82 Å². The Labute approximate surface area is 185 Å². The summed E-state index contributed by atoms with van der Waals surface area (Å²) in [6.07, 6.45) is -4.74. The lowest BCUT2D eigenvalue weighted by Crippen LogP contribution is -2.33. The van der Waals surface area contributed by atoms with Gasteiger partial charge in [-0.1, -0.05) is 23.7 Å². The fourth-order valence-electron chi connectivity index (χ4n) is 3.03. The fourth-order valence-corrected chi connectivity index (χ4v) is 4.38. The number of nitrogens with one attached hydrogen (secondary N) is 1. The lowest BCUT2D eigenvalue weighted by atomic mass is 10.00. The molecule has 1 aromatic carbocycles. The van der Waals surface area contributed by atoms with E-state index < -0.39 is 12.1 Å². The molecule has 3 aromatic rings. The number of rotatable bonds is 1. The normalized spacial score (nSPS) is 12.7. The molecule has 1 amide bonds. The number of aryl methyl sites for hydroxylation is 2. The second-order valence-electron chi connectivity index (χ2n) is 6.71. The molecule has 0 fully saturated rings. The van der Waals surface area contributed by atoms with E-state index in [1.54, 1.807) is 11.3 Å². The zero-order valence-corrected chi connectivity index (χ0v) is 18.7. The first-order chi connectivity index (χ1) is 14.5. The topological polar surface area (TPSA) is 72.2 Å². The lowest BCUT2D eigenvalue weighted by Gasteiger charge is -2.09. The minimum absolute atomic E-state index is 0.526. The van der Waals surface area contributed by atoms with Crippen molar-refractivity contribution in [3.05, 3.63) is 62.5 Å². The Hall–Kier alpha value is -2.72. The summed E-state index contributed by atoms with van der Waals surface area (Å²) < 4.78 is 35.2. The molecule has 0 aliphatic carbocycles. The highest BCUT2D eigenvalue weighted by atomic mass is 35.5. The van der Waals surface area contributed by atoms with Crippen molar-refractivity contribution in [1.29, 1.82) is 0 Å². The molecule has 0 spiro atoms. The van der Waals surface area contributed by atoms with E-state index in [9.17, 15) is 18.0 Å². The van der Waals surface area contributed by atoms with Crippen LogP contribution in [0.3, 0.4) is 0 Å². The van der Waals surface area contributed by atoms with Crippen molar-refractivity contribution in [3.63, 3.8) is 0 Å². The van der Waals surface area contributed by atoms with E-state index in [-0.39, 0.29) is 0 Å². The predicted octanol–water partition coefficient (Wildman–Crippen LogP) is 4.55. The molecule has 0 radical (unpaired) electrons. The van der Waals surface area contributed by atoms with Crippen LogP contribution in [0.15, 0.2) is 29.3 Å². The SMILES string of the molecule is CNC(=O)C(F)(F)F.Cc1sc2c(c1C)C(c1ccc(Cl)cc1)=NCc1nnc(C)n1-2. The minimum Gasteiger partial charge on any atom is -0.351 e. The number of aromatic nitrogens is 3. The Morgan fingerprint density at radius 2 is 1.81 bits per heavy atom.